The second-order valence-electron chi connectivity index (χ2n) is 3.66. The number of halogens is 1. The third-order valence-electron chi connectivity index (χ3n) is 2.68. The molecule has 0 unspecified atom stereocenters. The normalized spacial score (nSPS) is 31.1. The SMILES string of the molecule is NC1CC(C(=O)O)(c2ccc(Br)o2)C1. The topological polar surface area (TPSA) is 76.5 Å². The Bertz CT molecular complexity index is 368. The summed E-state index contributed by atoms with van der Waals surface area (Å²) < 4.78 is 5.83. The highest BCUT2D eigenvalue weighted by Gasteiger charge is 2.52. The van der Waals surface area contributed by atoms with E-state index in [9.17, 15) is 4.79 Å². The van der Waals surface area contributed by atoms with Gasteiger partial charge in [-0.25, -0.2) is 0 Å². The number of hydrogen-bond acceptors (Lipinski definition) is 3. The number of hydrogen-bond donors (Lipinski definition) is 2. The van der Waals surface area contributed by atoms with Gasteiger partial charge in [-0.2, -0.15) is 0 Å². The first-order valence-electron chi connectivity index (χ1n) is 4.29. The van der Waals surface area contributed by atoms with Crippen molar-refractivity contribution in [3.8, 4) is 0 Å². The highest BCUT2D eigenvalue weighted by atomic mass is 79.9. The number of carboxylic acid groups (broad SMARTS) is 1. The molecular weight excluding hydrogens is 250 g/mol. The molecule has 0 aromatic carbocycles. The molecule has 1 aromatic rings. The van der Waals surface area contributed by atoms with Gasteiger partial charge >= 0.3 is 5.97 Å². The van der Waals surface area contributed by atoms with Crippen LogP contribution in [0.3, 0.4) is 0 Å². The van der Waals surface area contributed by atoms with Crippen molar-refractivity contribution in [2.45, 2.75) is 24.3 Å². The molecule has 4 nitrogen and oxygen atoms in total. The zero-order chi connectivity index (χ0) is 10.3. The fourth-order valence-electron chi connectivity index (χ4n) is 1.89. The van der Waals surface area contributed by atoms with Gasteiger partial charge in [-0.15, -0.1) is 0 Å². The van der Waals surface area contributed by atoms with Crippen molar-refractivity contribution in [3.05, 3.63) is 22.6 Å². The van der Waals surface area contributed by atoms with Gasteiger partial charge in [-0.05, 0) is 40.9 Å². The molecule has 0 saturated heterocycles. The summed E-state index contributed by atoms with van der Waals surface area (Å²) >= 11 is 3.15. The van der Waals surface area contributed by atoms with Crippen LogP contribution >= 0.6 is 15.9 Å². The molecule has 76 valence electrons. The van der Waals surface area contributed by atoms with Crippen LogP contribution in [0.2, 0.25) is 0 Å². The van der Waals surface area contributed by atoms with E-state index in [1.54, 1.807) is 12.1 Å². The monoisotopic (exact) mass is 259 g/mol. The van der Waals surface area contributed by atoms with E-state index in [1.165, 1.54) is 0 Å². The Morgan fingerprint density at radius 3 is 2.64 bits per heavy atom. The van der Waals surface area contributed by atoms with Gasteiger partial charge < -0.3 is 15.3 Å². The van der Waals surface area contributed by atoms with Gasteiger partial charge in [-0.3, -0.25) is 4.79 Å². The maximum atomic E-state index is 11.1. The van der Waals surface area contributed by atoms with Crippen LogP contribution in [0.4, 0.5) is 0 Å². The van der Waals surface area contributed by atoms with Gasteiger partial charge in [0.25, 0.3) is 0 Å². The number of furan rings is 1. The Balaban J connectivity index is 2.34. The summed E-state index contributed by atoms with van der Waals surface area (Å²) in [6, 6.07) is 3.35. The van der Waals surface area contributed by atoms with Crippen LogP contribution in [-0.4, -0.2) is 17.1 Å². The fraction of sp³-hybridized carbons (Fsp3) is 0.444. The van der Waals surface area contributed by atoms with E-state index in [1.807, 2.05) is 0 Å². The van der Waals surface area contributed by atoms with E-state index >= 15 is 0 Å². The lowest BCUT2D eigenvalue weighted by molar-refractivity contribution is -0.149. The predicted molar refractivity (Wildman–Crippen MR) is 52.9 cm³/mol. The van der Waals surface area contributed by atoms with E-state index < -0.39 is 11.4 Å². The first kappa shape index (κ1) is 9.73. The van der Waals surface area contributed by atoms with Crippen LogP contribution in [0, 0.1) is 0 Å². The summed E-state index contributed by atoms with van der Waals surface area (Å²) in [7, 11) is 0. The summed E-state index contributed by atoms with van der Waals surface area (Å²) in [5, 5.41) is 9.13. The molecule has 0 aliphatic heterocycles. The minimum absolute atomic E-state index is 0.0324. The highest BCUT2D eigenvalue weighted by Crippen LogP contribution is 2.44. The Morgan fingerprint density at radius 2 is 2.29 bits per heavy atom. The molecule has 14 heavy (non-hydrogen) atoms. The Kier molecular flexibility index (Phi) is 2.16. The van der Waals surface area contributed by atoms with Crippen molar-refractivity contribution < 1.29 is 14.3 Å². The minimum atomic E-state index is -0.897. The molecule has 0 spiro atoms. The van der Waals surface area contributed by atoms with Crippen LogP contribution in [-0.2, 0) is 10.2 Å². The zero-order valence-electron chi connectivity index (χ0n) is 7.37. The standard InChI is InChI=1S/C9H10BrNO3/c10-7-2-1-6(14-7)9(8(12)13)3-5(11)4-9/h1-2,5H,3-4,11H2,(H,12,13). The minimum Gasteiger partial charge on any atom is -0.480 e. The fourth-order valence-corrected chi connectivity index (χ4v) is 2.19. The summed E-state index contributed by atoms with van der Waals surface area (Å²) in [6.45, 7) is 0. The van der Waals surface area contributed by atoms with E-state index in [-0.39, 0.29) is 6.04 Å². The van der Waals surface area contributed by atoms with Crippen molar-refractivity contribution in [2.24, 2.45) is 5.73 Å². The van der Waals surface area contributed by atoms with E-state index in [4.69, 9.17) is 15.3 Å². The van der Waals surface area contributed by atoms with Gasteiger partial charge in [0.15, 0.2) is 4.67 Å². The summed E-state index contributed by atoms with van der Waals surface area (Å²) in [6.07, 6.45) is 0.893. The second kappa shape index (κ2) is 3.10. The average molecular weight is 260 g/mol. The molecule has 1 aliphatic rings. The van der Waals surface area contributed by atoms with Gasteiger partial charge in [0.2, 0.25) is 0 Å². The van der Waals surface area contributed by atoms with Crippen LogP contribution in [0.5, 0.6) is 0 Å². The summed E-state index contributed by atoms with van der Waals surface area (Å²) in [4.78, 5) is 11.1. The number of nitrogens with two attached hydrogens (primary N) is 1. The Hall–Kier alpha value is -0.810. The molecule has 3 N–H and O–H groups in total. The van der Waals surface area contributed by atoms with Gasteiger partial charge in [0, 0.05) is 6.04 Å². The lowest BCUT2D eigenvalue weighted by atomic mass is 9.64. The van der Waals surface area contributed by atoms with Crippen molar-refractivity contribution >= 4 is 21.9 Å². The Morgan fingerprint density at radius 1 is 1.64 bits per heavy atom. The van der Waals surface area contributed by atoms with Crippen LogP contribution in [0.1, 0.15) is 18.6 Å². The number of aliphatic carboxylic acids is 1. The molecule has 1 saturated carbocycles. The molecule has 0 amide bonds. The van der Waals surface area contributed by atoms with Gasteiger partial charge in [-0.1, -0.05) is 0 Å². The lowest BCUT2D eigenvalue weighted by Crippen LogP contribution is -2.53. The molecule has 0 bridgehead atoms. The number of carbonyl (C=O) groups is 1. The first-order chi connectivity index (χ1) is 6.54. The molecule has 5 heteroatoms. The van der Waals surface area contributed by atoms with Crippen molar-refractivity contribution in [1.29, 1.82) is 0 Å². The van der Waals surface area contributed by atoms with E-state index in [2.05, 4.69) is 15.9 Å². The van der Waals surface area contributed by atoms with Crippen LogP contribution in [0.25, 0.3) is 0 Å². The Labute approximate surface area is 89.2 Å². The molecule has 0 radical (unpaired) electrons. The molecule has 2 rings (SSSR count). The summed E-state index contributed by atoms with van der Waals surface area (Å²) in [5.74, 6) is -0.375. The molecule has 1 fully saturated rings. The third-order valence-corrected chi connectivity index (χ3v) is 3.10. The molecule has 1 aliphatic carbocycles. The second-order valence-corrected chi connectivity index (χ2v) is 4.44. The first-order valence-corrected chi connectivity index (χ1v) is 5.09. The maximum absolute atomic E-state index is 11.1. The quantitative estimate of drug-likeness (QED) is 0.844. The van der Waals surface area contributed by atoms with Gasteiger partial charge in [0.05, 0.1) is 0 Å². The van der Waals surface area contributed by atoms with Crippen molar-refractivity contribution in [1.82, 2.24) is 0 Å². The van der Waals surface area contributed by atoms with E-state index in [0.29, 0.717) is 23.3 Å². The van der Waals surface area contributed by atoms with Crippen LogP contribution in [0.15, 0.2) is 21.2 Å². The summed E-state index contributed by atoms with van der Waals surface area (Å²) in [5.41, 5.74) is 4.72. The molecule has 1 aromatic heterocycles. The lowest BCUT2D eigenvalue weighted by Gasteiger charge is -2.40. The van der Waals surface area contributed by atoms with Crippen molar-refractivity contribution in [2.75, 3.05) is 0 Å². The molecule has 1 heterocycles. The van der Waals surface area contributed by atoms with Crippen molar-refractivity contribution in [3.63, 3.8) is 0 Å². The third kappa shape index (κ3) is 1.27. The van der Waals surface area contributed by atoms with Crippen LogP contribution < -0.4 is 5.73 Å². The average Bonchev–Trinajstić information content (AvgIpc) is 2.45. The van der Waals surface area contributed by atoms with Gasteiger partial charge in [0.1, 0.15) is 11.2 Å². The largest absolute Gasteiger partial charge is 0.480 e. The zero-order valence-corrected chi connectivity index (χ0v) is 8.95. The van der Waals surface area contributed by atoms with E-state index in [0.717, 1.165) is 0 Å². The number of rotatable bonds is 2. The molecular formula is C9H10BrNO3. The predicted octanol–water partition coefficient (Wildman–Crippen LogP) is 1.49. The highest BCUT2D eigenvalue weighted by molar-refractivity contribution is 9.10. The smallest absolute Gasteiger partial charge is 0.317 e. The maximum Gasteiger partial charge on any atom is 0.317 e. The molecule has 0 atom stereocenters. The number of carboxylic acids is 1.